The maximum Gasteiger partial charge on any atom is 0.341 e. The van der Waals surface area contributed by atoms with Crippen LogP contribution in [0.1, 0.15) is 48.8 Å². The minimum atomic E-state index is -0.568. The summed E-state index contributed by atoms with van der Waals surface area (Å²) in [5, 5.41) is 23.6. The Bertz CT molecular complexity index is 1160. The molecule has 1 aliphatic rings. The molecule has 1 heterocycles. The van der Waals surface area contributed by atoms with Gasteiger partial charge in [-0.25, -0.2) is 4.79 Å². The van der Waals surface area contributed by atoms with Gasteiger partial charge in [0.05, 0.1) is 18.0 Å². The van der Waals surface area contributed by atoms with E-state index in [2.05, 4.69) is 23.6 Å². The van der Waals surface area contributed by atoms with E-state index in [1.54, 1.807) is 19.1 Å². The van der Waals surface area contributed by atoms with Crippen LogP contribution in [0.3, 0.4) is 0 Å². The van der Waals surface area contributed by atoms with E-state index in [1.807, 2.05) is 36.4 Å². The first-order chi connectivity index (χ1) is 14.8. The first kappa shape index (κ1) is 20.7. The van der Waals surface area contributed by atoms with Crippen molar-refractivity contribution in [1.29, 1.82) is 0 Å². The van der Waals surface area contributed by atoms with Gasteiger partial charge in [-0.1, -0.05) is 49.3 Å². The van der Waals surface area contributed by atoms with E-state index in [9.17, 15) is 15.1 Å². The number of rotatable bonds is 4. The summed E-state index contributed by atoms with van der Waals surface area (Å²) in [5.74, 6) is -0.690. The number of phenolic OH excluding ortho intramolecular Hbond substituents is 1. The van der Waals surface area contributed by atoms with Crippen molar-refractivity contribution in [3.05, 3.63) is 71.4 Å². The number of hydrogen-bond donors (Lipinski definition) is 2. The Morgan fingerprint density at radius 3 is 2.55 bits per heavy atom. The van der Waals surface area contributed by atoms with Gasteiger partial charge in [-0.2, -0.15) is 0 Å². The number of carbonyl (C=O) groups excluding carboxylic acids is 1. The van der Waals surface area contributed by atoms with E-state index >= 15 is 0 Å². The highest BCUT2D eigenvalue weighted by Gasteiger charge is 2.34. The Kier molecular flexibility index (Phi) is 5.31. The van der Waals surface area contributed by atoms with Crippen LogP contribution in [0.2, 0.25) is 0 Å². The summed E-state index contributed by atoms with van der Waals surface area (Å²) in [6.07, 6.45) is 1.43. The fourth-order valence-electron chi connectivity index (χ4n) is 4.28. The fourth-order valence-corrected chi connectivity index (χ4v) is 4.28. The molecule has 0 spiro atoms. The van der Waals surface area contributed by atoms with E-state index in [0.29, 0.717) is 12.1 Å². The third-order valence-corrected chi connectivity index (χ3v) is 5.63. The van der Waals surface area contributed by atoms with Crippen LogP contribution < -0.4 is 0 Å². The standard InChI is InChI=1S/C25H26N2O4/c1-4-31-24(29)19-12-17(10-11-23(19)28)27-21(16-8-6-5-7-9-16)13-18-20(26-30)14-25(2,3)15-22(18)27/h5-13,28,30H,4,14-15H2,1-3H3/b26-20+. The lowest BCUT2D eigenvalue weighted by Crippen LogP contribution is -2.28. The number of benzene rings is 2. The molecule has 0 saturated carbocycles. The van der Waals surface area contributed by atoms with E-state index in [1.165, 1.54) is 6.07 Å². The largest absolute Gasteiger partial charge is 0.507 e. The molecule has 3 aromatic rings. The zero-order valence-electron chi connectivity index (χ0n) is 17.9. The van der Waals surface area contributed by atoms with E-state index < -0.39 is 5.97 Å². The Hall–Kier alpha value is -3.54. The molecule has 2 aromatic carbocycles. The van der Waals surface area contributed by atoms with Crippen LogP contribution in [-0.4, -0.2) is 33.2 Å². The van der Waals surface area contributed by atoms with E-state index in [4.69, 9.17) is 4.74 Å². The smallest absolute Gasteiger partial charge is 0.341 e. The number of phenols is 1. The molecule has 1 aliphatic carbocycles. The molecule has 0 aliphatic heterocycles. The van der Waals surface area contributed by atoms with Crippen molar-refractivity contribution in [2.75, 3.05) is 6.61 Å². The zero-order chi connectivity index (χ0) is 22.2. The van der Waals surface area contributed by atoms with Crippen LogP contribution in [0.25, 0.3) is 16.9 Å². The molecular formula is C25H26N2O4. The predicted octanol–water partition coefficient (Wildman–Crippen LogP) is 5.18. The summed E-state index contributed by atoms with van der Waals surface area (Å²) < 4.78 is 7.20. The molecule has 0 atom stereocenters. The number of nitrogens with zero attached hydrogens (tertiary/aromatic N) is 2. The number of fused-ring (bicyclic) bond motifs is 1. The maximum atomic E-state index is 12.4. The first-order valence-electron chi connectivity index (χ1n) is 10.4. The van der Waals surface area contributed by atoms with Crippen LogP contribution in [0.4, 0.5) is 0 Å². The Balaban J connectivity index is 1.99. The normalized spacial score (nSPS) is 16.2. The minimum absolute atomic E-state index is 0.0977. The van der Waals surface area contributed by atoms with E-state index in [-0.39, 0.29) is 23.3 Å². The topological polar surface area (TPSA) is 84.1 Å². The summed E-state index contributed by atoms with van der Waals surface area (Å²) in [6.45, 7) is 6.23. The number of ether oxygens (including phenoxy) is 1. The highest BCUT2D eigenvalue weighted by molar-refractivity contribution is 6.04. The molecular weight excluding hydrogens is 392 g/mol. The molecule has 0 radical (unpaired) electrons. The average molecular weight is 418 g/mol. The van der Waals surface area contributed by atoms with Gasteiger partial charge in [0.1, 0.15) is 11.3 Å². The molecule has 6 nitrogen and oxygen atoms in total. The van der Waals surface area contributed by atoms with Gasteiger partial charge in [0.25, 0.3) is 0 Å². The zero-order valence-corrected chi connectivity index (χ0v) is 17.9. The van der Waals surface area contributed by atoms with Crippen LogP contribution in [-0.2, 0) is 11.2 Å². The first-order valence-corrected chi connectivity index (χ1v) is 10.4. The van der Waals surface area contributed by atoms with Gasteiger partial charge in [0.15, 0.2) is 0 Å². The number of aromatic nitrogens is 1. The van der Waals surface area contributed by atoms with Gasteiger partial charge < -0.3 is 19.6 Å². The van der Waals surface area contributed by atoms with Crippen molar-refractivity contribution >= 4 is 11.7 Å². The maximum absolute atomic E-state index is 12.4. The molecule has 2 N–H and O–H groups in total. The number of carbonyl (C=O) groups is 1. The molecule has 4 rings (SSSR count). The fraction of sp³-hybridized carbons (Fsp3) is 0.280. The third-order valence-electron chi connectivity index (χ3n) is 5.63. The van der Waals surface area contributed by atoms with Crippen LogP contribution in [0.5, 0.6) is 5.75 Å². The quantitative estimate of drug-likeness (QED) is 0.347. The van der Waals surface area contributed by atoms with Gasteiger partial charge in [0, 0.05) is 16.9 Å². The molecule has 6 heteroatoms. The van der Waals surface area contributed by atoms with Gasteiger partial charge in [-0.05, 0) is 55.0 Å². The summed E-state index contributed by atoms with van der Waals surface area (Å²) in [7, 11) is 0. The second-order valence-electron chi connectivity index (χ2n) is 8.58. The van der Waals surface area contributed by atoms with Crippen molar-refractivity contribution in [2.45, 2.75) is 33.6 Å². The molecule has 31 heavy (non-hydrogen) atoms. The lowest BCUT2D eigenvalue weighted by molar-refractivity contribution is 0.0523. The second-order valence-corrected chi connectivity index (χ2v) is 8.58. The summed E-state index contributed by atoms with van der Waals surface area (Å²) >= 11 is 0. The van der Waals surface area contributed by atoms with Crippen molar-refractivity contribution < 1.29 is 19.8 Å². The van der Waals surface area contributed by atoms with Crippen LogP contribution in [0, 0.1) is 5.41 Å². The average Bonchev–Trinajstić information content (AvgIpc) is 3.12. The Labute approximate surface area is 181 Å². The molecule has 1 aromatic heterocycles. The third kappa shape index (κ3) is 3.81. The van der Waals surface area contributed by atoms with Crippen molar-refractivity contribution in [2.24, 2.45) is 10.6 Å². The van der Waals surface area contributed by atoms with Crippen LogP contribution in [0.15, 0.2) is 59.8 Å². The molecule has 0 unspecified atom stereocenters. The number of oxime groups is 1. The second kappa shape index (κ2) is 7.95. The molecule has 0 amide bonds. The number of aromatic hydroxyl groups is 1. The van der Waals surface area contributed by atoms with Gasteiger partial charge in [-0.3, -0.25) is 0 Å². The Morgan fingerprint density at radius 2 is 1.87 bits per heavy atom. The SMILES string of the molecule is CCOC(=O)c1cc(-n2c(-c3ccccc3)cc3c2CC(C)(C)C/C3=N\O)ccc1O. The summed E-state index contributed by atoms with van der Waals surface area (Å²) in [4.78, 5) is 12.4. The van der Waals surface area contributed by atoms with Gasteiger partial charge >= 0.3 is 5.97 Å². The lowest BCUT2D eigenvalue weighted by Gasteiger charge is -2.31. The molecule has 0 saturated heterocycles. The molecule has 0 bridgehead atoms. The van der Waals surface area contributed by atoms with E-state index in [0.717, 1.165) is 34.6 Å². The predicted molar refractivity (Wildman–Crippen MR) is 119 cm³/mol. The summed E-state index contributed by atoms with van der Waals surface area (Å²) in [5.41, 5.74) is 5.21. The number of esters is 1. The van der Waals surface area contributed by atoms with Gasteiger partial charge in [0.2, 0.25) is 0 Å². The minimum Gasteiger partial charge on any atom is -0.507 e. The van der Waals surface area contributed by atoms with Crippen LogP contribution >= 0.6 is 0 Å². The lowest BCUT2D eigenvalue weighted by atomic mass is 9.76. The summed E-state index contributed by atoms with van der Waals surface area (Å²) in [6, 6.07) is 16.9. The van der Waals surface area contributed by atoms with Crippen molar-refractivity contribution in [3.63, 3.8) is 0 Å². The number of hydrogen-bond acceptors (Lipinski definition) is 5. The highest BCUT2D eigenvalue weighted by Crippen LogP contribution is 2.41. The molecule has 160 valence electrons. The highest BCUT2D eigenvalue weighted by atomic mass is 16.5. The Morgan fingerprint density at radius 1 is 1.13 bits per heavy atom. The van der Waals surface area contributed by atoms with Crippen molar-refractivity contribution in [1.82, 2.24) is 4.57 Å². The van der Waals surface area contributed by atoms with Crippen molar-refractivity contribution in [3.8, 4) is 22.7 Å². The monoisotopic (exact) mass is 418 g/mol. The molecule has 0 fully saturated rings. The van der Waals surface area contributed by atoms with Gasteiger partial charge in [-0.15, -0.1) is 0 Å².